The van der Waals surface area contributed by atoms with Gasteiger partial charge in [-0.05, 0) is 25.8 Å². The summed E-state index contributed by atoms with van der Waals surface area (Å²) in [6.45, 7) is 0.350. The van der Waals surface area contributed by atoms with Crippen LogP contribution in [0.3, 0.4) is 0 Å². The Morgan fingerprint density at radius 3 is 2.47 bits per heavy atom. The predicted octanol–water partition coefficient (Wildman–Crippen LogP) is 2.47. The van der Waals surface area contributed by atoms with Crippen molar-refractivity contribution in [3.8, 4) is 0 Å². The number of aryl methyl sites for hydroxylation is 1. The van der Waals surface area contributed by atoms with E-state index in [4.69, 9.17) is 17.3 Å². The summed E-state index contributed by atoms with van der Waals surface area (Å²) in [4.78, 5) is 0. The first-order valence-corrected chi connectivity index (χ1v) is 5.70. The van der Waals surface area contributed by atoms with Gasteiger partial charge in [-0.25, -0.2) is 0 Å². The van der Waals surface area contributed by atoms with Crippen molar-refractivity contribution >= 4 is 11.6 Å². The van der Waals surface area contributed by atoms with Crippen molar-refractivity contribution < 1.29 is 13.2 Å². The number of rotatable bonds is 3. The Labute approximate surface area is 102 Å². The lowest BCUT2D eigenvalue weighted by Gasteiger charge is -2.16. The summed E-state index contributed by atoms with van der Waals surface area (Å²) in [6.07, 6.45) is -2.57. The summed E-state index contributed by atoms with van der Waals surface area (Å²) in [5.74, 6) is 0. The zero-order valence-corrected chi connectivity index (χ0v) is 10.1. The quantitative estimate of drug-likeness (QED) is 0.914. The van der Waals surface area contributed by atoms with Gasteiger partial charge in [0.1, 0.15) is 5.15 Å². The lowest BCUT2D eigenvalue weighted by molar-refractivity contribution is -0.142. The SMILES string of the molecule is Cn1nc(C(F)(F)F)c(C2(CCN)CC2)c1Cl. The molecule has 1 saturated carbocycles. The first-order chi connectivity index (χ1) is 7.82. The molecule has 3 nitrogen and oxygen atoms in total. The largest absolute Gasteiger partial charge is 0.435 e. The number of nitrogens with two attached hydrogens (primary N) is 1. The van der Waals surface area contributed by atoms with E-state index in [1.54, 1.807) is 0 Å². The number of halogens is 4. The highest BCUT2D eigenvalue weighted by Gasteiger charge is 2.52. The first-order valence-electron chi connectivity index (χ1n) is 5.32. The third-order valence-corrected chi connectivity index (χ3v) is 3.69. The molecule has 0 aliphatic heterocycles. The molecule has 0 amide bonds. The highest BCUT2D eigenvalue weighted by molar-refractivity contribution is 6.30. The zero-order chi connectivity index (χ0) is 12.8. The molecule has 1 aromatic rings. The number of aromatic nitrogens is 2. The van der Waals surface area contributed by atoms with Gasteiger partial charge in [-0.3, -0.25) is 4.68 Å². The molecule has 17 heavy (non-hydrogen) atoms. The summed E-state index contributed by atoms with van der Waals surface area (Å²) in [5, 5.41) is 3.56. The molecule has 1 aliphatic carbocycles. The normalized spacial score (nSPS) is 18.5. The van der Waals surface area contributed by atoms with E-state index in [0.29, 0.717) is 25.8 Å². The van der Waals surface area contributed by atoms with Crippen molar-refractivity contribution in [1.29, 1.82) is 0 Å². The van der Waals surface area contributed by atoms with E-state index in [0.717, 1.165) is 4.68 Å². The van der Waals surface area contributed by atoms with Crippen molar-refractivity contribution in [2.75, 3.05) is 6.54 Å². The van der Waals surface area contributed by atoms with Crippen LogP contribution in [0.5, 0.6) is 0 Å². The molecule has 0 saturated heterocycles. The molecule has 1 aromatic heterocycles. The average Bonchev–Trinajstić information content (AvgIpc) is 2.89. The standard InChI is InChI=1S/C10H13ClF3N3/c1-17-8(11)6(7(16-17)10(12,13)14)9(2-3-9)4-5-15/h2-5,15H2,1H3. The Morgan fingerprint density at radius 2 is 2.06 bits per heavy atom. The fourth-order valence-electron chi connectivity index (χ4n) is 2.22. The van der Waals surface area contributed by atoms with E-state index in [1.807, 2.05) is 0 Å². The van der Waals surface area contributed by atoms with Gasteiger partial charge in [0.15, 0.2) is 5.69 Å². The third kappa shape index (κ3) is 2.04. The van der Waals surface area contributed by atoms with Gasteiger partial charge in [0, 0.05) is 18.0 Å². The molecular formula is C10H13ClF3N3. The number of alkyl halides is 3. The molecular weight excluding hydrogens is 255 g/mol. The molecule has 0 unspecified atom stereocenters. The van der Waals surface area contributed by atoms with Crippen LogP contribution in [0.4, 0.5) is 13.2 Å². The molecule has 0 radical (unpaired) electrons. The Kier molecular flexibility index (Phi) is 2.90. The van der Waals surface area contributed by atoms with Crippen molar-refractivity contribution in [2.45, 2.75) is 30.9 Å². The lowest BCUT2D eigenvalue weighted by Crippen LogP contribution is -2.18. The fraction of sp³-hybridized carbons (Fsp3) is 0.700. The van der Waals surface area contributed by atoms with Crippen LogP contribution in [-0.4, -0.2) is 16.3 Å². The van der Waals surface area contributed by atoms with Crippen molar-refractivity contribution in [2.24, 2.45) is 12.8 Å². The maximum Gasteiger partial charge on any atom is 0.435 e. The van der Waals surface area contributed by atoms with Gasteiger partial charge in [-0.2, -0.15) is 18.3 Å². The van der Waals surface area contributed by atoms with Gasteiger partial charge < -0.3 is 5.73 Å². The third-order valence-electron chi connectivity index (χ3n) is 3.25. The topological polar surface area (TPSA) is 43.8 Å². The summed E-state index contributed by atoms with van der Waals surface area (Å²) in [6, 6.07) is 0. The van der Waals surface area contributed by atoms with Gasteiger partial charge >= 0.3 is 6.18 Å². The lowest BCUT2D eigenvalue weighted by atomic mass is 9.92. The van der Waals surface area contributed by atoms with Crippen LogP contribution in [0.15, 0.2) is 0 Å². The van der Waals surface area contributed by atoms with Crippen LogP contribution >= 0.6 is 11.6 Å². The predicted molar refractivity (Wildman–Crippen MR) is 57.8 cm³/mol. The molecule has 2 N–H and O–H groups in total. The summed E-state index contributed by atoms with van der Waals surface area (Å²) in [5.41, 5.74) is 4.21. The molecule has 7 heteroatoms. The van der Waals surface area contributed by atoms with E-state index in [2.05, 4.69) is 5.10 Å². The minimum atomic E-state index is -4.47. The monoisotopic (exact) mass is 267 g/mol. The molecule has 0 spiro atoms. The van der Waals surface area contributed by atoms with Crippen LogP contribution in [-0.2, 0) is 18.6 Å². The van der Waals surface area contributed by atoms with Gasteiger partial charge in [0.25, 0.3) is 0 Å². The molecule has 1 heterocycles. The van der Waals surface area contributed by atoms with Crippen LogP contribution < -0.4 is 5.73 Å². The Morgan fingerprint density at radius 1 is 1.47 bits per heavy atom. The summed E-state index contributed by atoms with van der Waals surface area (Å²) < 4.78 is 39.7. The second kappa shape index (κ2) is 3.88. The summed E-state index contributed by atoms with van der Waals surface area (Å²) in [7, 11) is 1.42. The highest BCUT2D eigenvalue weighted by Crippen LogP contribution is 2.55. The Balaban J connectivity index is 2.53. The maximum absolute atomic E-state index is 12.9. The molecule has 1 fully saturated rings. The average molecular weight is 268 g/mol. The van der Waals surface area contributed by atoms with Gasteiger partial charge in [-0.1, -0.05) is 11.6 Å². The summed E-state index contributed by atoms with van der Waals surface area (Å²) >= 11 is 5.94. The molecule has 0 atom stereocenters. The number of nitrogens with zero attached hydrogens (tertiary/aromatic N) is 2. The van der Waals surface area contributed by atoms with E-state index in [9.17, 15) is 13.2 Å². The second-order valence-corrected chi connectivity index (χ2v) is 4.81. The van der Waals surface area contributed by atoms with Crippen LogP contribution in [0, 0.1) is 0 Å². The van der Waals surface area contributed by atoms with Gasteiger partial charge in [-0.15, -0.1) is 0 Å². The zero-order valence-electron chi connectivity index (χ0n) is 9.31. The van der Waals surface area contributed by atoms with Crippen LogP contribution in [0.1, 0.15) is 30.5 Å². The Bertz CT molecular complexity index is 435. The fourth-order valence-corrected chi connectivity index (χ4v) is 2.55. The highest BCUT2D eigenvalue weighted by atomic mass is 35.5. The van der Waals surface area contributed by atoms with E-state index in [1.165, 1.54) is 7.05 Å². The minimum Gasteiger partial charge on any atom is -0.330 e. The van der Waals surface area contributed by atoms with Gasteiger partial charge in [0.2, 0.25) is 0 Å². The van der Waals surface area contributed by atoms with Crippen molar-refractivity contribution in [1.82, 2.24) is 9.78 Å². The first kappa shape index (κ1) is 12.7. The number of hydrogen-bond donors (Lipinski definition) is 1. The minimum absolute atomic E-state index is 0.0725. The molecule has 96 valence electrons. The second-order valence-electron chi connectivity index (χ2n) is 4.45. The van der Waals surface area contributed by atoms with Gasteiger partial charge in [0.05, 0.1) is 0 Å². The van der Waals surface area contributed by atoms with Crippen molar-refractivity contribution in [3.05, 3.63) is 16.4 Å². The molecule has 1 aliphatic rings. The molecule has 0 bridgehead atoms. The molecule has 0 aromatic carbocycles. The Hall–Kier alpha value is -0.750. The smallest absolute Gasteiger partial charge is 0.330 e. The van der Waals surface area contributed by atoms with Crippen molar-refractivity contribution in [3.63, 3.8) is 0 Å². The van der Waals surface area contributed by atoms with E-state index in [-0.39, 0.29) is 10.7 Å². The maximum atomic E-state index is 12.9. The van der Waals surface area contributed by atoms with E-state index >= 15 is 0 Å². The molecule has 2 rings (SSSR count). The van der Waals surface area contributed by atoms with Crippen LogP contribution in [0.2, 0.25) is 5.15 Å². The van der Waals surface area contributed by atoms with E-state index < -0.39 is 17.3 Å². The number of hydrogen-bond acceptors (Lipinski definition) is 2. The van der Waals surface area contributed by atoms with Crippen LogP contribution in [0.25, 0.3) is 0 Å².